The molecule has 4 fully saturated rings. The molecule has 2 aliphatic carbocycles. The first-order chi connectivity index (χ1) is 16.2. The predicted octanol–water partition coefficient (Wildman–Crippen LogP) is -0.553. The van der Waals surface area contributed by atoms with E-state index in [1.807, 2.05) is 9.80 Å². The lowest BCUT2D eigenvalue weighted by molar-refractivity contribution is -0.141. The molecule has 5 aliphatic rings. The molecule has 2 bridgehead atoms. The number of hydrogen-bond acceptors (Lipinski definition) is 7. The molecule has 2 amide bonds. The molecule has 0 spiro atoms. The number of nitrogens with zero attached hydrogens (tertiary/aromatic N) is 4. The highest BCUT2D eigenvalue weighted by Gasteiger charge is 2.56. The van der Waals surface area contributed by atoms with Crippen molar-refractivity contribution in [1.29, 1.82) is 5.26 Å². The monoisotopic (exact) mass is 484 g/mol. The molecule has 6 unspecified atom stereocenters. The zero-order valence-corrected chi connectivity index (χ0v) is 19.5. The van der Waals surface area contributed by atoms with Crippen molar-refractivity contribution in [1.82, 2.24) is 14.7 Å². The number of piperazine rings is 1. The third-order valence-corrected chi connectivity index (χ3v) is 9.31. The Kier molecular flexibility index (Phi) is 4.84. The van der Waals surface area contributed by atoms with Crippen molar-refractivity contribution in [3.05, 3.63) is 29.3 Å². The van der Waals surface area contributed by atoms with Gasteiger partial charge in [-0.15, -0.1) is 0 Å². The van der Waals surface area contributed by atoms with Crippen molar-refractivity contribution >= 4 is 21.8 Å². The lowest BCUT2D eigenvalue weighted by Gasteiger charge is -2.38. The highest BCUT2D eigenvalue weighted by Crippen LogP contribution is 2.48. The van der Waals surface area contributed by atoms with Gasteiger partial charge in [-0.2, -0.15) is 5.26 Å². The summed E-state index contributed by atoms with van der Waals surface area (Å²) in [6, 6.07) is 5.85. The molecule has 1 aromatic carbocycles. The van der Waals surface area contributed by atoms with Crippen LogP contribution in [0, 0.1) is 17.2 Å². The van der Waals surface area contributed by atoms with Crippen molar-refractivity contribution in [3.63, 3.8) is 0 Å². The fourth-order valence-electron chi connectivity index (χ4n) is 6.75. The van der Waals surface area contributed by atoms with Gasteiger partial charge in [-0.25, -0.2) is 13.6 Å². The predicted molar refractivity (Wildman–Crippen MR) is 120 cm³/mol. The van der Waals surface area contributed by atoms with Gasteiger partial charge in [-0.3, -0.25) is 14.5 Å². The second-order valence-corrected chi connectivity index (χ2v) is 11.9. The van der Waals surface area contributed by atoms with Crippen molar-refractivity contribution in [3.8, 4) is 6.07 Å². The quantitative estimate of drug-likeness (QED) is 0.568. The van der Waals surface area contributed by atoms with Gasteiger partial charge in [0.1, 0.15) is 6.04 Å². The van der Waals surface area contributed by atoms with E-state index in [-0.39, 0.29) is 46.9 Å². The second kappa shape index (κ2) is 7.49. The minimum absolute atomic E-state index is 0.0418. The van der Waals surface area contributed by atoms with Crippen LogP contribution in [-0.4, -0.2) is 78.2 Å². The summed E-state index contributed by atoms with van der Waals surface area (Å²) in [4.78, 5) is 32.1. The number of amides is 2. The number of sulfonamides is 1. The number of carbonyl (C=O) groups excluding carboxylic acids is 2. The van der Waals surface area contributed by atoms with Crippen LogP contribution < -0.4 is 10.9 Å². The van der Waals surface area contributed by atoms with Gasteiger partial charge < -0.3 is 15.5 Å². The Morgan fingerprint density at radius 2 is 2.03 bits per heavy atom. The summed E-state index contributed by atoms with van der Waals surface area (Å²) in [5.41, 5.74) is 8.21. The van der Waals surface area contributed by atoms with Gasteiger partial charge in [0, 0.05) is 25.2 Å². The summed E-state index contributed by atoms with van der Waals surface area (Å²) in [6.07, 6.45) is 3.86. The van der Waals surface area contributed by atoms with E-state index < -0.39 is 16.1 Å². The lowest BCUT2D eigenvalue weighted by Crippen LogP contribution is -2.57. The van der Waals surface area contributed by atoms with Crippen LogP contribution in [0.15, 0.2) is 23.1 Å². The molecule has 3 heterocycles. The number of hydrogen-bond donors (Lipinski definition) is 2. The van der Waals surface area contributed by atoms with Crippen molar-refractivity contribution < 1.29 is 18.0 Å². The van der Waals surface area contributed by atoms with Gasteiger partial charge in [0.15, 0.2) is 0 Å². The fraction of sp³-hybridized carbons (Fsp3) is 0.609. The first-order valence-corrected chi connectivity index (χ1v) is 13.4. The van der Waals surface area contributed by atoms with E-state index in [0.717, 1.165) is 30.4 Å². The molecular weight excluding hydrogens is 456 g/mol. The number of likely N-dealkylation sites (tertiary alicyclic amines) is 3. The summed E-state index contributed by atoms with van der Waals surface area (Å²) in [6.45, 7) is 0.969. The number of primary sulfonamides is 1. The molecule has 1 aromatic rings. The average molecular weight is 485 g/mol. The van der Waals surface area contributed by atoms with Crippen molar-refractivity contribution in [2.75, 3.05) is 13.1 Å². The van der Waals surface area contributed by atoms with Crippen LogP contribution in [0.3, 0.4) is 0 Å². The Balaban J connectivity index is 1.13. The maximum Gasteiger partial charge on any atom is 0.242 e. The standard InChI is InChI=1S/C23H28N6O4S/c24-9-14-5-13-7-20(13)28(14)22(30)18(25)11-27-10-15-8-21(27)23(31)29(15)19-4-1-12-6-16(34(26,32)33)2-3-17(12)19/h2-3,6,13-15,18-21H,1,4-5,7-8,10-11,25H2,(H2,26,32,33)/t13?,14?,15-,18?,19?,20?,21?/m0/s1. The van der Waals surface area contributed by atoms with Crippen LogP contribution in [0.2, 0.25) is 0 Å². The van der Waals surface area contributed by atoms with E-state index in [1.54, 1.807) is 17.0 Å². The minimum atomic E-state index is -3.77. The van der Waals surface area contributed by atoms with E-state index in [2.05, 4.69) is 6.07 Å². The van der Waals surface area contributed by atoms with Gasteiger partial charge in [-0.05, 0) is 61.3 Å². The highest BCUT2D eigenvalue weighted by molar-refractivity contribution is 7.89. The zero-order valence-electron chi connectivity index (χ0n) is 18.7. The summed E-state index contributed by atoms with van der Waals surface area (Å²) in [7, 11) is -3.77. The van der Waals surface area contributed by atoms with Crippen LogP contribution in [0.1, 0.15) is 42.9 Å². The molecule has 180 valence electrons. The van der Waals surface area contributed by atoms with Crippen molar-refractivity contribution in [2.24, 2.45) is 16.8 Å². The zero-order chi connectivity index (χ0) is 23.9. The number of benzene rings is 1. The Morgan fingerprint density at radius 3 is 2.74 bits per heavy atom. The van der Waals surface area contributed by atoms with E-state index >= 15 is 0 Å². The van der Waals surface area contributed by atoms with E-state index in [4.69, 9.17) is 10.9 Å². The van der Waals surface area contributed by atoms with Crippen LogP contribution in [0.4, 0.5) is 0 Å². The van der Waals surface area contributed by atoms with Crippen molar-refractivity contribution in [2.45, 2.75) is 73.3 Å². The van der Waals surface area contributed by atoms with E-state index in [9.17, 15) is 23.3 Å². The van der Waals surface area contributed by atoms with Gasteiger partial charge in [0.2, 0.25) is 21.8 Å². The molecular formula is C23H28N6O4S. The number of nitrogens with two attached hydrogens (primary N) is 2. The Labute approximate surface area is 198 Å². The average Bonchev–Trinajstić information content (AvgIpc) is 3.15. The molecule has 3 saturated heterocycles. The number of aryl methyl sites for hydroxylation is 1. The highest BCUT2D eigenvalue weighted by atomic mass is 32.2. The van der Waals surface area contributed by atoms with E-state index in [1.165, 1.54) is 6.07 Å². The molecule has 1 saturated carbocycles. The third kappa shape index (κ3) is 3.27. The Hall–Kier alpha value is -2.52. The largest absolute Gasteiger partial charge is 0.330 e. The molecule has 0 radical (unpaired) electrons. The molecule has 6 rings (SSSR count). The van der Waals surface area contributed by atoms with Gasteiger partial charge in [0.05, 0.1) is 29.1 Å². The maximum absolute atomic E-state index is 13.4. The summed E-state index contributed by atoms with van der Waals surface area (Å²) in [5.74, 6) is 0.302. The third-order valence-electron chi connectivity index (χ3n) is 8.40. The summed E-state index contributed by atoms with van der Waals surface area (Å²) >= 11 is 0. The summed E-state index contributed by atoms with van der Waals surface area (Å²) in [5, 5.41) is 14.7. The molecule has 7 atom stereocenters. The normalized spacial score (nSPS) is 34.8. The molecule has 11 heteroatoms. The van der Waals surface area contributed by atoms with E-state index in [0.29, 0.717) is 31.8 Å². The number of rotatable bonds is 5. The smallest absolute Gasteiger partial charge is 0.242 e. The van der Waals surface area contributed by atoms with Gasteiger partial charge in [0.25, 0.3) is 0 Å². The number of nitriles is 1. The van der Waals surface area contributed by atoms with Crippen LogP contribution in [0.25, 0.3) is 0 Å². The second-order valence-electron chi connectivity index (χ2n) is 10.4. The fourth-order valence-corrected chi connectivity index (χ4v) is 7.31. The first kappa shape index (κ1) is 22.0. The van der Waals surface area contributed by atoms with Crippen LogP contribution >= 0.6 is 0 Å². The topological polar surface area (TPSA) is 154 Å². The lowest BCUT2D eigenvalue weighted by atomic mass is 10.1. The minimum Gasteiger partial charge on any atom is -0.330 e. The molecule has 10 nitrogen and oxygen atoms in total. The first-order valence-electron chi connectivity index (χ1n) is 11.9. The maximum atomic E-state index is 13.4. The Morgan fingerprint density at radius 1 is 1.24 bits per heavy atom. The molecule has 0 aromatic heterocycles. The number of fused-ring (bicyclic) bond motifs is 4. The number of piperidine rings is 1. The molecule has 4 N–H and O–H groups in total. The van der Waals surface area contributed by atoms with Crippen LogP contribution in [-0.2, 0) is 26.0 Å². The SMILES string of the molecule is N#CC1CC2CC2N1C(=O)C(N)CN1C[C@@H]2CC1C(=O)N2C1CCc2cc(S(N)(=O)=O)ccc21. The molecule has 3 aliphatic heterocycles. The van der Waals surface area contributed by atoms with Gasteiger partial charge in [-0.1, -0.05) is 6.07 Å². The molecule has 34 heavy (non-hydrogen) atoms. The number of carbonyl (C=O) groups is 2. The summed E-state index contributed by atoms with van der Waals surface area (Å²) < 4.78 is 23.4. The Bertz CT molecular complexity index is 1230. The van der Waals surface area contributed by atoms with Crippen LogP contribution in [0.5, 0.6) is 0 Å². The van der Waals surface area contributed by atoms with Gasteiger partial charge >= 0.3 is 0 Å².